The lowest BCUT2D eigenvalue weighted by molar-refractivity contribution is -0.256. The molecule has 3 unspecified atom stereocenters. The summed E-state index contributed by atoms with van der Waals surface area (Å²) in [7, 11) is 0. The van der Waals surface area contributed by atoms with E-state index >= 15 is 0 Å². The molecule has 26 heavy (non-hydrogen) atoms. The highest BCUT2D eigenvalue weighted by molar-refractivity contribution is 5.27. The second-order valence-corrected chi connectivity index (χ2v) is 8.10. The molecule has 1 aliphatic heterocycles. The third-order valence-electron chi connectivity index (χ3n) is 5.16. The molecule has 6 atom stereocenters. The normalized spacial score (nSPS) is 30.4. The predicted molar refractivity (Wildman–Crippen MR) is 101 cm³/mol. The number of aliphatic hydroxyl groups is 3. The van der Waals surface area contributed by atoms with Crippen LogP contribution in [0, 0.1) is 17.8 Å². The van der Waals surface area contributed by atoms with Gasteiger partial charge in [-0.1, -0.05) is 39.8 Å². The molecule has 0 saturated carbocycles. The Balaban J connectivity index is 1.90. The highest BCUT2D eigenvalue weighted by atomic mass is 16.7. The van der Waals surface area contributed by atoms with Gasteiger partial charge < -0.3 is 24.8 Å². The zero-order valence-electron chi connectivity index (χ0n) is 16.3. The van der Waals surface area contributed by atoms with E-state index in [9.17, 15) is 15.3 Å². The summed E-state index contributed by atoms with van der Waals surface area (Å²) in [6.45, 7) is 8.22. The maximum atomic E-state index is 10.1. The van der Waals surface area contributed by atoms with Crippen molar-refractivity contribution in [2.24, 2.45) is 17.8 Å². The predicted octanol–water partition coefficient (Wildman–Crippen LogP) is 2.76. The van der Waals surface area contributed by atoms with Crippen LogP contribution in [0.25, 0.3) is 0 Å². The van der Waals surface area contributed by atoms with Crippen LogP contribution in [0.1, 0.15) is 46.1 Å². The largest absolute Gasteiger partial charge is 0.465 e. The summed E-state index contributed by atoms with van der Waals surface area (Å²) in [4.78, 5) is 0. The van der Waals surface area contributed by atoms with Gasteiger partial charge in [-0.2, -0.15) is 0 Å². The van der Waals surface area contributed by atoms with E-state index in [-0.39, 0.29) is 6.61 Å². The minimum Gasteiger partial charge on any atom is -0.465 e. The summed E-state index contributed by atoms with van der Waals surface area (Å²) in [6.07, 6.45) is -0.183. The number of ether oxygens (including phenoxy) is 2. The van der Waals surface area contributed by atoms with Crippen molar-refractivity contribution in [3.8, 4) is 5.75 Å². The maximum Gasteiger partial charge on any atom is 0.205 e. The molecule has 1 aromatic rings. The van der Waals surface area contributed by atoms with Crippen molar-refractivity contribution in [3.63, 3.8) is 0 Å². The van der Waals surface area contributed by atoms with E-state index in [1.54, 1.807) is 6.92 Å². The Morgan fingerprint density at radius 1 is 1.08 bits per heavy atom. The number of aliphatic hydroxyl groups excluding tert-OH is 3. The van der Waals surface area contributed by atoms with Gasteiger partial charge in [0.05, 0.1) is 12.7 Å². The number of rotatable bonds is 8. The van der Waals surface area contributed by atoms with Crippen molar-refractivity contribution < 1.29 is 24.8 Å². The van der Waals surface area contributed by atoms with E-state index in [1.165, 1.54) is 18.4 Å². The van der Waals surface area contributed by atoms with Crippen molar-refractivity contribution in [2.45, 2.75) is 71.6 Å². The molecular weight excluding hydrogens is 332 g/mol. The summed E-state index contributed by atoms with van der Waals surface area (Å²) in [5, 5.41) is 29.3. The molecule has 5 nitrogen and oxygen atoms in total. The molecule has 1 heterocycles. The summed E-state index contributed by atoms with van der Waals surface area (Å²) < 4.78 is 11.4. The smallest absolute Gasteiger partial charge is 0.205 e. The van der Waals surface area contributed by atoms with Gasteiger partial charge >= 0.3 is 0 Å². The van der Waals surface area contributed by atoms with Crippen LogP contribution in [0.2, 0.25) is 0 Å². The van der Waals surface area contributed by atoms with Crippen molar-refractivity contribution in [3.05, 3.63) is 29.8 Å². The fourth-order valence-electron chi connectivity index (χ4n) is 3.56. The quantitative estimate of drug-likeness (QED) is 0.659. The van der Waals surface area contributed by atoms with Gasteiger partial charge in [0.25, 0.3) is 0 Å². The average Bonchev–Trinajstić information content (AvgIpc) is 2.61. The first-order valence-corrected chi connectivity index (χ1v) is 9.69. The molecule has 0 spiro atoms. The van der Waals surface area contributed by atoms with Gasteiger partial charge in [0.1, 0.15) is 18.0 Å². The molecule has 2 rings (SSSR count). The molecule has 0 bridgehead atoms. The Kier molecular flexibility index (Phi) is 7.89. The molecule has 0 radical (unpaired) electrons. The summed E-state index contributed by atoms with van der Waals surface area (Å²) in [5.74, 6) is 1.70. The molecular formula is C21H34O5. The van der Waals surface area contributed by atoms with Crippen LogP contribution >= 0.6 is 0 Å². The Bertz CT molecular complexity index is 528. The topological polar surface area (TPSA) is 79.2 Å². The number of hydrogen-bond acceptors (Lipinski definition) is 5. The van der Waals surface area contributed by atoms with Crippen molar-refractivity contribution >= 4 is 0 Å². The van der Waals surface area contributed by atoms with Crippen molar-refractivity contribution in [1.29, 1.82) is 0 Å². The number of benzene rings is 1. The molecule has 0 aromatic heterocycles. The van der Waals surface area contributed by atoms with Gasteiger partial charge in [-0.3, -0.25) is 0 Å². The van der Waals surface area contributed by atoms with Gasteiger partial charge in [-0.05, 0) is 48.8 Å². The van der Waals surface area contributed by atoms with E-state index in [0.717, 1.165) is 12.3 Å². The van der Waals surface area contributed by atoms with Crippen molar-refractivity contribution in [1.82, 2.24) is 0 Å². The molecule has 3 N–H and O–H groups in total. The first-order valence-electron chi connectivity index (χ1n) is 9.69. The molecule has 1 aromatic carbocycles. The first kappa shape index (κ1) is 21.2. The highest BCUT2D eigenvalue weighted by Gasteiger charge is 2.43. The third-order valence-corrected chi connectivity index (χ3v) is 5.16. The lowest BCUT2D eigenvalue weighted by Crippen LogP contribution is -2.56. The van der Waals surface area contributed by atoms with Gasteiger partial charge in [0, 0.05) is 5.92 Å². The Labute approximate surface area is 157 Å². The van der Waals surface area contributed by atoms with Crippen LogP contribution in [0.15, 0.2) is 24.3 Å². The molecule has 1 aliphatic rings. The van der Waals surface area contributed by atoms with Gasteiger partial charge in [-0.25, -0.2) is 0 Å². The monoisotopic (exact) mass is 366 g/mol. The fourth-order valence-corrected chi connectivity index (χ4v) is 3.56. The SMILES string of the molecule is CC(C)CC(C)CCc1ccc(O[C@H]2OC(CO)[C@H](O)C(O)[C@@H]2C)cc1. The minimum atomic E-state index is -1.11. The molecule has 0 amide bonds. The summed E-state index contributed by atoms with van der Waals surface area (Å²) in [5.41, 5.74) is 1.27. The van der Waals surface area contributed by atoms with E-state index in [0.29, 0.717) is 11.7 Å². The number of aryl methyl sites for hydroxylation is 1. The van der Waals surface area contributed by atoms with Crippen LogP contribution in [0.3, 0.4) is 0 Å². The highest BCUT2D eigenvalue weighted by Crippen LogP contribution is 2.28. The first-order chi connectivity index (χ1) is 12.3. The Hall–Kier alpha value is -1.14. The van der Waals surface area contributed by atoms with E-state index < -0.39 is 30.5 Å². The second kappa shape index (κ2) is 9.70. The summed E-state index contributed by atoms with van der Waals surface area (Å²) >= 11 is 0. The van der Waals surface area contributed by atoms with E-state index in [2.05, 4.69) is 32.9 Å². The second-order valence-electron chi connectivity index (χ2n) is 8.10. The van der Waals surface area contributed by atoms with Crippen molar-refractivity contribution in [2.75, 3.05) is 6.61 Å². The zero-order chi connectivity index (χ0) is 19.3. The summed E-state index contributed by atoms with van der Waals surface area (Å²) in [6, 6.07) is 7.92. The van der Waals surface area contributed by atoms with Crippen LogP contribution in [0.4, 0.5) is 0 Å². The standard InChI is InChI=1S/C21H34O5/c1-13(2)11-14(3)5-6-16-7-9-17(10-8-16)25-21-15(4)19(23)20(24)18(12-22)26-21/h7-10,13-15,18-24H,5-6,11-12H2,1-4H3/t14?,15-,18?,19?,20-,21-/m0/s1. The number of hydrogen-bond donors (Lipinski definition) is 3. The van der Waals surface area contributed by atoms with Gasteiger partial charge in [-0.15, -0.1) is 0 Å². The maximum absolute atomic E-state index is 10.1. The van der Waals surface area contributed by atoms with E-state index in [1.807, 2.05) is 12.1 Å². The van der Waals surface area contributed by atoms with E-state index in [4.69, 9.17) is 9.47 Å². The molecule has 0 aliphatic carbocycles. The molecule has 1 saturated heterocycles. The lowest BCUT2D eigenvalue weighted by atomic mass is 9.92. The molecule has 1 fully saturated rings. The Morgan fingerprint density at radius 2 is 1.73 bits per heavy atom. The Morgan fingerprint density at radius 3 is 2.31 bits per heavy atom. The molecule has 148 valence electrons. The van der Waals surface area contributed by atoms with Gasteiger partial charge in [0.15, 0.2) is 0 Å². The fraction of sp³-hybridized carbons (Fsp3) is 0.714. The third kappa shape index (κ3) is 5.68. The van der Waals surface area contributed by atoms with Crippen LogP contribution in [-0.2, 0) is 11.2 Å². The van der Waals surface area contributed by atoms with Crippen LogP contribution < -0.4 is 4.74 Å². The lowest BCUT2D eigenvalue weighted by Gasteiger charge is -2.40. The van der Waals surface area contributed by atoms with Crippen LogP contribution in [-0.4, -0.2) is 46.5 Å². The van der Waals surface area contributed by atoms with Crippen LogP contribution in [0.5, 0.6) is 5.75 Å². The molecule has 5 heteroatoms. The van der Waals surface area contributed by atoms with Gasteiger partial charge in [0.2, 0.25) is 6.29 Å². The minimum absolute atomic E-state index is 0.363. The average molecular weight is 366 g/mol. The zero-order valence-corrected chi connectivity index (χ0v) is 16.3.